The fourth-order valence-corrected chi connectivity index (χ4v) is 3.59. The molecule has 0 spiro atoms. The van der Waals surface area contributed by atoms with Gasteiger partial charge in [-0.1, -0.05) is 0 Å². The first-order chi connectivity index (χ1) is 14.7. The summed E-state index contributed by atoms with van der Waals surface area (Å²) in [5, 5.41) is 13.7. The molecule has 0 aromatic carbocycles. The number of imidazole rings is 1. The Balaban J connectivity index is 1.31. The molecule has 0 saturated carbocycles. The largest absolute Gasteiger partial charge is 0.444 e. The van der Waals surface area contributed by atoms with Crippen LogP contribution in [0.4, 0.5) is 24.9 Å². The van der Waals surface area contributed by atoms with Crippen LogP contribution >= 0.6 is 0 Å². The second-order valence-corrected chi connectivity index (χ2v) is 7.31. The highest BCUT2D eigenvalue weighted by Crippen LogP contribution is 2.29. The van der Waals surface area contributed by atoms with E-state index >= 15 is 0 Å². The number of carbonyl (C=O) groups is 1. The van der Waals surface area contributed by atoms with Crippen LogP contribution in [-0.2, 0) is 17.5 Å². The lowest BCUT2D eigenvalue weighted by Gasteiger charge is -2.32. The third-order valence-electron chi connectivity index (χ3n) is 5.17. The topological polar surface area (TPSA) is 128 Å². The fourth-order valence-electron chi connectivity index (χ4n) is 3.59. The monoisotopic (exact) mass is 441 g/mol. The summed E-state index contributed by atoms with van der Waals surface area (Å²) < 4.78 is 45.4. The summed E-state index contributed by atoms with van der Waals surface area (Å²) >= 11 is 0. The number of fused-ring (bicyclic) bond motifs is 1. The molecule has 4 heterocycles. The highest BCUT2D eigenvalue weighted by Gasteiger charge is 2.35. The maximum Gasteiger partial charge on any atom is 0.433 e. The Kier molecular flexibility index (Phi) is 5.37. The van der Waals surface area contributed by atoms with Crippen LogP contribution in [0.5, 0.6) is 6.01 Å². The van der Waals surface area contributed by atoms with Crippen molar-refractivity contribution in [3.63, 3.8) is 0 Å². The number of carbonyl (C=O) groups excluding carboxylic acids is 1. The number of piperidine rings is 1. The van der Waals surface area contributed by atoms with Gasteiger partial charge < -0.3 is 25.1 Å². The van der Waals surface area contributed by atoms with E-state index in [0.717, 1.165) is 12.3 Å². The Bertz CT molecular complexity index is 988. The van der Waals surface area contributed by atoms with Crippen molar-refractivity contribution < 1.29 is 27.6 Å². The first-order valence-corrected chi connectivity index (χ1v) is 9.50. The van der Waals surface area contributed by atoms with Crippen LogP contribution in [0.25, 0.3) is 0 Å². The average Bonchev–Trinajstić information content (AvgIpc) is 3.17. The minimum Gasteiger partial charge on any atom is -0.444 e. The van der Waals surface area contributed by atoms with Gasteiger partial charge in [0.1, 0.15) is 18.5 Å². The smallest absolute Gasteiger partial charge is 0.433 e. The Morgan fingerprint density at radius 3 is 2.71 bits per heavy atom. The van der Waals surface area contributed by atoms with Crippen LogP contribution in [-0.4, -0.2) is 56.1 Å². The number of ether oxygens (including phenoxy) is 1. The number of aromatic nitrogens is 4. The lowest BCUT2D eigenvalue weighted by atomic mass is 9.95. The molecule has 1 saturated heterocycles. The number of nitrogens with zero attached hydrogens (tertiary/aromatic N) is 6. The maximum atomic E-state index is 12.8. The van der Waals surface area contributed by atoms with Crippen LogP contribution in [0, 0.1) is 16.0 Å². The van der Waals surface area contributed by atoms with Crippen molar-refractivity contribution in [2.45, 2.75) is 31.6 Å². The van der Waals surface area contributed by atoms with Crippen molar-refractivity contribution in [1.29, 1.82) is 0 Å². The van der Waals surface area contributed by atoms with E-state index in [1.807, 2.05) is 0 Å². The van der Waals surface area contributed by atoms with Crippen LogP contribution in [0.15, 0.2) is 18.5 Å². The van der Waals surface area contributed by atoms with E-state index in [1.54, 1.807) is 4.90 Å². The number of alkyl halides is 3. The van der Waals surface area contributed by atoms with Gasteiger partial charge in [0.2, 0.25) is 11.9 Å². The summed E-state index contributed by atoms with van der Waals surface area (Å²) in [5.41, 5.74) is -1.01. The molecule has 1 fully saturated rings. The average molecular weight is 441 g/mol. The number of halogens is 3. The molecular weight excluding hydrogens is 423 g/mol. The van der Waals surface area contributed by atoms with Gasteiger partial charge in [0.25, 0.3) is 0 Å². The zero-order chi connectivity index (χ0) is 22.2. The second kappa shape index (κ2) is 8.00. The quantitative estimate of drug-likeness (QED) is 0.557. The van der Waals surface area contributed by atoms with Crippen molar-refractivity contribution in [3.8, 4) is 6.01 Å². The molecule has 1 N–H and O–H groups in total. The number of amides is 1. The zero-order valence-corrected chi connectivity index (χ0v) is 16.1. The predicted molar refractivity (Wildman–Crippen MR) is 98.3 cm³/mol. The lowest BCUT2D eigenvalue weighted by Crippen LogP contribution is -2.48. The zero-order valence-electron chi connectivity index (χ0n) is 16.1. The molecule has 0 aliphatic carbocycles. The second-order valence-electron chi connectivity index (χ2n) is 7.31. The van der Waals surface area contributed by atoms with Gasteiger partial charge in [-0.2, -0.15) is 13.2 Å². The predicted octanol–water partition coefficient (Wildman–Crippen LogP) is 1.39. The molecule has 0 radical (unpaired) electrons. The van der Waals surface area contributed by atoms with Crippen molar-refractivity contribution >= 4 is 17.7 Å². The normalized spacial score (nSPS) is 19.5. The summed E-state index contributed by atoms with van der Waals surface area (Å²) in [6, 6.07) is 0.571. The van der Waals surface area contributed by atoms with E-state index in [9.17, 15) is 28.1 Å². The summed E-state index contributed by atoms with van der Waals surface area (Å²) in [5.74, 6) is -0.855. The maximum absolute atomic E-state index is 12.8. The van der Waals surface area contributed by atoms with Gasteiger partial charge in [0, 0.05) is 30.2 Å². The van der Waals surface area contributed by atoms with Crippen molar-refractivity contribution in [1.82, 2.24) is 24.8 Å². The van der Waals surface area contributed by atoms with Crippen LogP contribution < -0.4 is 15.0 Å². The molecule has 2 aromatic heterocycles. The van der Waals surface area contributed by atoms with Gasteiger partial charge >= 0.3 is 18.0 Å². The van der Waals surface area contributed by atoms with E-state index in [4.69, 9.17) is 4.74 Å². The van der Waals surface area contributed by atoms with Crippen molar-refractivity contribution in [2.24, 2.45) is 5.92 Å². The van der Waals surface area contributed by atoms with Crippen LogP contribution in [0.3, 0.4) is 0 Å². The van der Waals surface area contributed by atoms with E-state index in [-0.39, 0.29) is 42.3 Å². The highest BCUT2D eigenvalue weighted by atomic mass is 19.4. The van der Waals surface area contributed by atoms with Gasteiger partial charge in [-0.3, -0.25) is 9.36 Å². The number of nitrogens with one attached hydrogen (secondary N) is 1. The Hall–Kier alpha value is -3.45. The molecule has 2 aliphatic rings. The van der Waals surface area contributed by atoms with Gasteiger partial charge in [-0.05, 0) is 23.8 Å². The van der Waals surface area contributed by atoms with Crippen LogP contribution in [0.1, 0.15) is 18.5 Å². The number of anilines is 1. The van der Waals surface area contributed by atoms with Crippen molar-refractivity contribution in [3.05, 3.63) is 34.3 Å². The molecule has 4 rings (SSSR count). The molecule has 2 aliphatic heterocycles. The molecule has 11 nitrogen and oxygen atoms in total. The summed E-state index contributed by atoms with van der Waals surface area (Å²) in [4.78, 5) is 35.7. The summed E-state index contributed by atoms with van der Waals surface area (Å²) in [6.45, 7) is 1.12. The molecule has 31 heavy (non-hydrogen) atoms. The standard InChI is InChI=1S/C17H18F3N7O4/c18-17(19,20)12-1-4-21-15(23-12)25-5-2-10(3-6-25)14(28)22-11-7-26-8-13(27(29)30)24-16(26)31-9-11/h1,4,8,10-11H,2-3,5-7,9H2,(H,22,28). The first-order valence-electron chi connectivity index (χ1n) is 9.50. The summed E-state index contributed by atoms with van der Waals surface area (Å²) in [6.07, 6.45) is -1.36. The van der Waals surface area contributed by atoms with E-state index in [2.05, 4.69) is 20.3 Å². The number of rotatable bonds is 4. The molecule has 0 bridgehead atoms. The Morgan fingerprint density at radius 1 is 1.29 bits per heavy atom. The van der Waals surface area contributed by atoms with Gasteiger partial charge in [-0.25, -0.2) is 9.97 Å². The van der Waals surface area contributed by atoms with Crippen molar-refractivity contribution in [2.75, 3.05) is 24.6 Å². The summed E-state index contributed by atoms with van der Waals surface area (Å²) in [7, 11) is 0. The fraction of sp³-hybridized carbons (Fsp3) is 0.529. The molecule has 14 heteroatoms. The molecular formula is C17H18F3N7O4. The third-order valence-corrected chi connectivity index (χ3v) is 5.17. The van der Waals surface area contributed by atoms with Gasteiger partial charge in [0.15, 0.2) is 0 Å². The SMILES string of the molecule is O=C(NC1COc2nc([N+](=O)[O-])cn2C1)C1CCN(c2nccc(C(F)(F)F)n2)CC1. The lowest BCUT2D eigenvalue weighted by molar-refractivity contribution is -0.389. The first kappa shape index (κ1) is 20.8. The van der Waals surface area contributed by atoms with Gasteiger partial charge in [-0.15, -0.1) is 0 Å². The Morgan fingerprint density at radius 2 is 2.03 bits per heavy atom. The minimum atomic E-state index is -4.55. The highest BCUT2D eigenvalue weighted by molar-refractivity contribution is 5.79. The molecule has 1 unspecified atom stereocenters. The number of hydrogen-bond donors (Lipinski definition) is 1. The third kappa shape index (κ3) is 4.51. The molecule has 1 amide bonds. The number of hydrogen-bond acceptors (Lipinski definition) is 8. The molecule has 1 atom stereocenters. The van der Waals surface area contributed by atoms with Gasteiger partial charge in [0.05, 0.1) is 12.6 Å². The van der Waals surface area contributed by atoms with Crippen LogP contribution in [0.2, 0.25) is 0 Å². The van der Waals surface area contributed by atoms with E-state index in [1.165, 1.54) is 10.8 Å². The minimum absolute atomic E-state index is 0.0106. The number of nitro groups is 1. The van der Waals surface area contributed by atoms with E-state index < -0.39 is 16.8 Å². The Labute approximate surface area is 173 Å². The molecule has 166 valence electrons. The molecule has 2 aromatic rings. The van der Waals surface area contributed by atoms with E-state index in [0.29, 0.717) is 32.5 Å².